The minimum Gasteiger partial charge on any atom is -0.444 e. The third-order valence-corrected chi connectivity index (χ3v) is 5.89. The summed E-state index contributed by atoms with van der Waals surface area (Å²) in [6, 6.07) is 5.38. The zero-order valence-corrected chi connectivity index (χ0v) is 22.4. The van der Waals surface area contributed by atoms with Crippen molar-refractivity contribution in [2.45, 2.75) is 110 Å². The van der Waals surface area contributed by atoms with Gasteiger partial charge in [-0.15, -0.1) is 0 Å². The fourth-order valence-electron chi connectivity index (χ4n) is 4.06. The van der Waals surface area contributed by atoms with Crippen LogP contribution < -0.4 is 16.4 Å². The number of alkyl carbamates (subject to hydrolysis) is 1. The maximum atomic E-state index is 14.0. The highest BCUT2D eigenvalue weighted by Gasteiger charge is 2.44. The first-order valence-corrected chi connectivity index (χ1v) is 12.8. The molecule has 2 rings (SSSR count). The number of nitrogens with one attached hydrogen (secondary N) is 2. The van der Waals surface area contributed by atoms with Crippen LogP contribution >= 0.6 is 0 Å². The zero-order valence-electron chi connectivity index (χ0n) is 22.4. The molecule has 0 aliphatic heterocycles. The van der Waals surface area contributed by atoms with Crippen LogP contribution in [-0.2, 0) is 19.1 Å². The summed E-state index contributed by atoms with van der Waals surface area (Å²) in [5.74, 6) is -1.29. The molecule has 1 aliphatic rings. The van der Waals surface area contributed by atoms with Crippen LogP contribution in [0.25, 0.3) is 0 Å². The van der Waals surface area contributed by atoms with Crippen LogP contribution in [-0.4, -0.2) is 52.4 Å². The van der Waals surface area contributed by atoms with Gasteiger partial charge in [0.1, 0.15) is 17.7 Å². The Morgan fingerprint density at radius 1 is 1.08 bits per heavy atom. The van der Waals surface area contributed by atoms with Gasteiger partial charge < -0.3 is 26.0 Å². The van der Waals surface area contributed by atoms with E-state index in [-0.39, 0.29) is 30.8 Å². The minimum atomic E-state index is -1.07. The van der Waals surface area contributed by atoms with Crippen molar-refractivity contribution in [2.24, 2.45) is 5.73 Å². The number of ether oxygens (including phenoxy) is 1. The number of carbonyl (C=O) groups excluding carboxylic acids is 4. The molecule has 4 amide bonds. The molecule has 0 aromatic heterocycles. The Labute approximate surface area is 214 Å². The van der Waals surface area contributed by atoms with E-state index in [9.17, 15) is 19.2 Å². The highest BCUT2D eigenvalue weighted by Crippen LogP contribution is 2.36. The first-order valence-electron chi connectivity index (χ1n) is 12.8. The largest absolute Gasteiger partial charge is 0.444 e. The second kappa shape index (κ2) is 12.7. The number of hydrogen-bond acceptors (Lipinski definition) is 5. The number of nitrogens with two attached hydrogens (primary N) is 1. The van der Waals surface area contributed by atoms with E-state index in [0.29, 0.717) is 5.56 Å². The van der Waals surface area contributed by atoms with Gasteiger partial charge >= 0.3 is 6.09 Å². The fraction of sp³-hybridized carbons (Fsp3) is 0.630. The number of rotatable bonds is 12. The van der Waals surface area contributed by atoms with Gasteiger partial charge in [-0.25, -0.2) is 4.79 Å². The topological polar surface area (TPSA) is 131 Å². The molecule has 1 aliphatic carbocycles. The molecule has 1 aromatic rings. The second-order valence-electron chi connectivity index (χ2n) is 10.7. The Bertz CT molecular complexity index is 921. The summed E-state index contributed by atoms with van der Waals surface area (Å²) in [6.45, 7) is 11.1. The van der Waals surface area contributed by atoms with Crippen LogP contribution in [0, 0.1) is 6.92 Å². The van der Waals surface area contributed by atoms with Crippen molar-refractivity contribution in [3.63, 3.8) is 0 Å². The molecule has 0 spiro atoms. The number of nitrogens with zero attached hydrogens (tertiary/aromatic N) is 1. The summed E-state index contributed by atoms with van der Waals surface area (Å²) < 4.78 is 5.35. The summed E-state index contributed by atoms with van der Waals surface area (Å²) >= 11 is 0. The van der Waals surface area contributed by atoms with Crippen molar-refractivity contribution in [1.82, 2.24) is 15.5 Å². The second-order valence-corrected chi connectivity index (χ2v) is 10.7. The molecule has 0 saturated heterocycles. The third-order valence-electron chi connectivity index (χ3n) is 5.89. The smallest absolute Gasteiger partial charge is 0.408 e. The number of hydrogen-bond donors (Lipinski definition) is 3. The van der Waals surface area contributed by atoms with Crippen LogP contribution in [0.1, 0.15) is 90.3 Å². The number of benzene rings is 1. The lowest BCUT2D eigenvalue weighted by Crippen LogP contribution is -2.54. The maximum absolute atomic E-state index is 14.0. The average molecular weight is 503 g/mol. The molecule has 0 heterocycles. The van der Waals surface area contributed by atoms with E-state index in [2.05, 4.69) is 10.6 Å². The lowest BCUT2D eigenvalue weighted by atomic mass is 9.99. The molecule has 36 heavy (non-hydrogen) atoms. The molecular weight excluding hydrogens is 460 g/mol. The summed E-state index contributed by atoms with van der Waals surface area (Å²) in [6.07, 6.45) is 2.36. The van der Waals surface area contributed by atoms with Crippen molar-refractivity contribution in [3.05, 3.63) is 35.4 Å². The molecule has 200 valence electrons. The van der Waals surface area contributed by atoms with E-state index in [1.165, 1.54) is 0 Å². The quantitative estimate of drug-likeness (QED) is 0.403. The predicted molar refractivity (Wildman–Crippen MR) is 138 cm³/mol. The molecule has 3 unspecified atom stereocenters. The number of amides is 4. The maximum Gasteiger partial charge on any atom is 0.408 e. The fourth-order valence-corrected chi connectivity index (χ4v) is 4.06. The Balaban J connectivity index is 2.43. The van der Waals surface area contributed by atoms with Crippen LogP contribution in [0.15, 0.2) is 24.3 Å². The summed E-state index contributed by atoms with van der Waals surface area (Å²) in [7, 11) is 0. The van der Waals surface area contributed by atoms with Gasteiger partial charge in [0, 0.05) is 18.5 Å². The molecule has 0 radical (unpaired) electrons. The average Bonchev–Trinajstić information content (AvgIpc) is 3.59. The molecular formula is C27H42N4O5. The van der Waals surface area contributed by atoms with Gasteiger partial charge in [0.25, 0.3) is 0 Å². The van der Waals surface area contributed by atoms with Crippen molar-refractivity contribution in [1.29, 1.82) is 0 Å². The van der Waals surface area contributed by atoms with E-state index in [0.717, 1.165) is 31.2 Å². The van der Waals surface area contributed by atoms with Crippen LogP contribution in [0.5, 0.6) is 0 Å². The van der Waals surface area contributed by atoms with Gasteiger partial charge in [-0.05, 0) is 65.9 Å². The van der Waals surface area contributed by atoms with Crippen LogP contribution in [0.3, 0.4) is 0 Å². The van der Waals surface area contributed by atoms with Gasteiger partial charge in [0.2, 0.25) is 17.7 Å². The van der Waals surface area contributed by atoms with E-state index >= 15 is 0 Å². The third kappa shape index (κ3) is 9.17. The molecule has 1 saturated carbocycles. The molecule has 0 bridgehead atoms. The summed E-state index contributed by atoms with van der Waals surface area (Å²) in [5, 5.41) is 5.67. The molecule has 9 heteroatoms. The molecule has 9 nitrogen and oxygen atoms in total. The van der Waals surface area contributed by atoms with E-state index in [4.69, 9.17) is 10.5 Å². The molecule has 4 N–H and O–H groups in total. The van der Waals surface area contributed by atoms with Crippen molar-refractivity contribution < 1.29 is 23.9 Å². The van der Waals surface area contributed by atoms with E-state index < -0.39 is 35.6 Å². The molecule has 3 atom stereocenters. The summed E-state index contributed by atoms with van der Waals surface area (Å²) in [5.41, 5.74) is 6.30. The van der Waals surface area contributed by atoms with E-state index in [1.54, 1.807) is 25.7 Å². The number of aryl methyl sites for hydroxylation is 1. The first-order chi connectivity index (χ1) is 16.8. The number of primary amides is 1. The predicted octanol–water partition coefficient (Wildman–Crippen LogP) is 3.49. The minimum absolute atomic E-state index is 0.00506. The summed E-state index contributed by atoms with van der Waals surface area (Å²) in [4.78, 5) is 53.2. The molecule has 1 aromatic carbocycles. The highest BCUT2D eigenvalue weighted by molar-refractivity contribution is 5.93. The monoisotopic (exact) mass is 502 g/mol. The van der Waals surface area contributed by atoms with Crippen molar-refractivity contribution in [3.8, 4) is 0 Å². The van der Waals surface area contributed by atoms with Crippen LogP contribution in [0.4, 0.5) is 4.79 Å². The molecule has 1 fully saturated rings. The lowest BCUT2D eigenvalue weighted by molar-refractivity contribution is -0.143. The number of carbonyl (C=O) groups is 4. The van der Waals surface area contributed by atoms with Gasteiger partial charge in [-0.3, -0.25) is 14.4 Å². The normalized spacial score (nSPS) is 15.8. The standard InChI is InChI=1S/C27H42N4O5/c1-7-8-18(3)29-24(33)23(19-11-9-17(2)10-12-19)31(20-13-14-20)25(34)21(15-16-22(28)32)30-26(35)36-27(4,5)6/h9-12,18,20-21,23H,7-8,13-16H2,1-6H3,(H2,28,32)(H,29,33)(H,30,35). The van der Waals surface area contributed by atoms with Crippen molar-refractivity contribution >= 4 is 23.8 Å². The van der Waals surface area contributed by atoms with Gasteiger partial charge in [-0.2, -0.15) is 0 Å². The van der Waals surface area contributed by atoms with Gasteiger partial charge in [0.05, 0.1) is 0 Å². The van der Waals surface area contributed by atoms with Gasteiger partial charge in [-0.1, -0.05) is 43.2 Å². The SMILES string of the molecule is CCCC(C)NC(=O)C(c1ccc(C)cc1)N(C(=O)C(CCC(N)=O)NC(=O)OC(C)(C)C)C1CC1. The lowest BCUT2D eigenvalue weighted by Gasteiger charge is -2.35. The first kappa shape index (κ1) is 29.1. The Morgan fingerprint density at radius 2 is 1.69 bits per heavy atom. The highest BCUT2D eigenvalue weighted by atomic mass is 16.6. The Kier molecular flexibility index (Phi) is 10.3. The van der Waals surface area contributed by atoms with Crippen LogP contribution in [0.2, 0.25) is 0 Å². The van der Waals surface area contributed by atoms with Gasteiger partial charge in [0.15, 0.2) is 0 Å². The Morgan fingerprint density at radius 3 is 2.19 bits per heavy atom. The Hall–Kier alpha value is -3.10. The van der Waals surface area contributed by atoms with E-state index in [1.807, 2.05) is 45.0 Å². The zero-order chi connectivity index (χ0) is 27.0. The van der Waals surface area contributed by atoms with Crippen molar-refractivity contribution in [2.75, 3.05) is 0 Å².